The lowest BCUT2D eigenvalue weighted by Gasteiger charge is -2.38. The first-order valence-electron chi connectivity index (χ1n) is 8.59. The van der Waals surface area contributed by atoms with Crippen LogP contribution in [0, 0.1) is 0 Å². The first-order valence-corrected chi connectivity index (χ1v) is 9.02. The number of likely N-dealkylation sites (tertiary alicyclic amines) is 1. The predicted molar refractivity (Wildman–Crippen MR) is 105 cm³/mol. The smallest absolute Gasteiger partial charge is 0.119 e. The number of nitrogens with zero attached hydrogens (tertiary/aromatic N) is 1. The molecular formula is C20H25Cl2NO2. The number of piperidine rings is 1. The molecule has 1 heterocycles. The van der Waals surface area contributed by atoms with Gasteiger partial charge in [-0.2, -0.15) is 0 Å². The molecule has 3 nitrogen and oxygen atoms in total. The van der Waals surface area contributed by atoms with E-state index in [0.717, 1.165) is 25.3 Å². The Morgan fingerprint density at radius 1 is 1.08 bits per heavy atom. The van der Waals surface area contributed by atoms with Crippen molar-refractivity contribution in [3.05, 3.63) is 60.2 Å². The summed E-state index contributed by atoms with van der Waals surface area (Å²) in [5.41, 5.74) is 1.19. The van der Waals surface area contributed by atoms with Crippen LogP contribution < -0.4 is 4.74 Å². The van der Waals surface area contributed by atoms with Gasteiger partial charge in [-0.05, 0) is 49.2 Å². The first kappa shape index (κ1) is 19.9. The van der Waals surface area contributed by atoms with Crippen molar-refractivity contribution in [3.63, 3.8) is 0 Å². The molecule has 0 amide bonds. The number of rotatable bonds is 6. The fourth-order valence-electron chi connectivity index (χ4n) is 3.31. The lowest BCUT2D eigenvalue weighted by atomic mass is 9.95. The Morgan fingerprint density at radius 3 is 2.52 bits per heavy atom. The van der Waals surface area contributed by atoms with E-state index >= 15 is 0 Å². The molecule has 0 aliphatic carbocycles. The number of ether oxygens (including phenoxy) is 1. The number of hydrogen-bond donors (Lipinski definition) is 1. The Hall–Kier alpha value is -1.42. The van der Waals surface area contributed by atoms with Gasteiger partial charge >= 0.3 is 0 Å². The van der Waals surface area contributed by atoms with E-state index in [1.807, 2.05) is 18.2 Å². The highest BCUT2D eigenvalue weighted by Crippen LogP contribution is 2.33. The van der Waals surface area contributed by atoms with E-state index in [-0.39, 0.29) is 23.5 Å². The SMILES string of the molecule is Cl.Oc1ccc(OCCN2CCCCC2C(Cl)c2ccccc2)cc1. The molecule has 1 fully saturated rings. The van der Waals surface area contributed by atoms with Crippen molar-refractivity contribution >= 4 is 24.0 Å². The van der Waals surface area contributed by atoms with Crippen molar-refractivity contribution in [2.24, 2.45) is 0 Å². The van der Waals surface area contributed by atoms with Gasteiger partial charge in [-0.3, -0.25) is 4.90 Å². The zero-order valence-corrected chi connectivity index (χ0v) is 15.8. The highest BCUT2D eigenvalue weighted by atomic mass is 35.5. The van der Waals surface area contributed by atoms with Gasteiger partial charge in [-0.1, -0.05) is 36.8 Å². The Labute approximate surface area is 161 Å². The van der Waals surface area contributed by atoms with Gasteiger partial charge in [0.05, 0.1) is 5.38 Å². The zero-order chi connectivity index (χ0) is 16.8. The molecule has 2 unspecified atom stereocenters. The second-order valence-corrected chi connectivity index (χ2v) is 6.72. The van der Waals surface area contributed by atoms with Crippen LogP contribution in [-0.2, 0) is 0 Å². The van der Waals surface area contributed by atoms with Crippen LogP contribution in [0.3, 0.4) is 0 Å². The van der Waals surface area contributed by atoms with Gasteiger partial charge in [0, 0.05) is 12.6 Å². The third-order valence-corrected chi connectivity index (χ3v) is 5.15. The lowest BCUT2D eigenvalue weighted by molar-refractivity contribution is 0.119. The molecule has 1 saturated heterocycles. The third-order valence-electron chi connectivity index (χ3n) is 4.60. The van der Waals surface area contributed by atoms with Crippen molar-refractivity contribution in [1.82, 2.24) is 4.90 Å². The van der Waals surface area contributed by atoms with Crippen LogP contribution >= 0.6 is 24.0 Å². The second-order valence-electron chi connectivity index (χ2n) is 6.25. The highest BCUT2D eigenvalue weighted by Gasteiger charge is 2.29. The number of phenolic OH excluding ortho intramolecular Hbond substituents is 1. The van der Waals surface area contributed by atoms with Crippen LogP contribution in [-0.4, -0.2) is 35.7 Å². The summed E-state index contributed by atoms with van der Waals surface area (Å²) in [6.07, 6.45) is 3.58. The summed E-state index contributed by atoms with van der Waals surface area (Å²) in [5, 5.41) is 9.33. The van der Waals surface area contributed by atoms with Crippen molar-refractivity contribution < 1.29 is 9.84 Å². The van der Waals surface area contributed by atoms with Gasteiger partial charge in [-0.25, -0.2) is 0 Å². The summed E-state index contributed by atoms with van der Waals surface area (Å²) >= 11 is 6.78. The summed E-state index contributed by atoms with van der Waals surface area (Å²) < 4.78 is 5.80. The maximum absolute atomic E-state index is 9.31. The molecule has 0 spiro atoms. The quantitative estimate of drug-likeness (QED) is 0.712. The number of halogens is 2. The Morgan fingerprint density at radius 2 is 1.80 bits per heavy atom. The predicted octanol–water partition coefficient (Wildman–Crippen LogP) is 5.03. The average molecular weight is 382 g/mol. The molecule has 3 rings (SSSR count). The van der Waals surface area contributed by atoms with Gasteiger partial charge in [0.15, 0.2) is 0 Å². The van der Waals surface area contributed by atoms with Gasteiger partial charge in [0.25, 0.3) is 0 Å². The first-order chi connectivity index (χ1) is 11.7. The topological polar surface area (TPSA) is 32.7 Å². The molecule has 1 aliphatic heterocycles. The molecule has 136 valence electrons. The number of aromatic hydroxyl groups is 1. The average Bonchev–Trinajstić information content (AvgIpc) is 2.64. The summed E-state index contributed by atoms with van der Waals surface area (Å²) in [7, 11) is 0. The van der Waals surface area contributed by atoms with E-state index in [0.29, 0.717) is 12.6 Å². The van der Waals surface area contributed by atoms with E-state index in [4.69, 9.17) is 16.3 Å². The Balaban J connectivity index is 0.00000225. The van der Waals surface area contributed by atoms with Crippen LogP contribution in [0.1, 0.15) is 30.2 Å². The maximum Gasteiger partial charge on any atom is 0.119 e. The van der Waals surface area contributed by atoms with Crippen LogP contribution in [0.2, 0.25) is 0 Å². The van der Waals surface area contributed by atoms with Crippen LogP contribution in [0.25, 0.3) is 0 Å². The van der Waals surface area contributed by atoms with E-state index in [2.05, 4.69) is 17.0 Å². The lowest BCUT2D eigenvalue weighted by Crippen LogP contribution is -2.44. The van der Waals surface area contributed by atoms with Gasteiger partial charge < -0.3 is 9.84 Å². The zero-order valence-electron chi connectivity index (χ0n) is 14.2. The number of benzene rings is 2. The molecule has 2 aromatic carbocycles. The van der Waals surface area contributed by atoms with Crippen molar-refractivity contribution in [3.8, 4) is 11.5 Å². The molecule has 5 heteroatoms. The second kappa shape index (κ2) is 9.91. The molecule has 2 atom stereocenters. The largest absolute Gasteiger partial charge is 0.508 e. The summed E-state index contributed by atoms with van der Waals surface area (Å²) in [6.45, 7) is 2.56. The molecule has 0 radical (unpaired) electrons. The van der Waals surface area contributed by atoms with E-state index in [1.54, 1.807) is 24.3 Å². The molecule has 25 heavy (non-hydrogen) atoms. The fraction of sp³-hybridized carbons (Fsp3) is 0.400. The number of alkyl halides is 1. The van der Waals surface area contributed by atoms with E-state index in [9.17, 15) is 5.11 Å². The van der Waals surface area contributed by atoms with E-state index in [1.165, 1.54) is 18.4 Å². The monoisotopic (exact) mass is 381 g/mol. The summed E-state index contributed by atoms with van der Waals surface area (Å²) in [6, 6.07) is 17.6. The summed E-state index contributed by atoms with van der Waals surface area (Å²) in [5.74, 6) is 1.04. The molecule has 1 aliphatic rings. The molecule has 1 N–H and O–H groups in total. The third kappa shape index (κ3) is 5.53. The van der Waals surface area contributed by atoms with Crippen LogP contribution in [0.15, 0.2) is 54.6 Å². The van der Waals surface area contributed by atoms with Gasteiger partial charge in [0.1, 0.15) is 18.1 Å². The minimum Gasteiger partial charge on any atom is -0.508 e. The highest BCUT2D eigenvalue weighted by molar-refractivity contribution is 6.21. The maximum atomic E-state index is 9.31. The number of phenols is 1. The van der Waals surface area contributed by atoms with Gasteiger partial charge in [0.2, 0.25) is 0 Å². The normalized spacial score (nSPS) is 19.0. The Bertz CT molecular complexity index is 621. The standard InChI is InChI=1S/C20H24ClNO2.ClH/c21-20(16-6-2-1-3-7-16)19-8-4-5-13-22(19)14-15-24-18-11-9-17(23)10-12-18;/h1-3,6-7,9-12,19-20,23H,4-5,8,13-15H2;1H. The fourth-order valence-corrected chi connectivity index (χ4v) is 3.74. The van der Waals surface area contributed by atoms with E-state index < -0.39 is 0 Å². The van der Waals surface area contributed by atoms with Crippen molar-refractivity contribution in [2.75, 3.05) is 19.7 Å². The minimum absolute atomic E-state index is 0. The summed E-state index contributed by atoms with van der Waals surface area (Å²) in [4.78, 5) is 2.45. The van der Waals surface area contributed by atoms with Crippen LogP contribution in [0.4, 0.5) is 0 Å². The molecule has 0 aromatic heterocycles. The molecule has 0 saturated carbocycles. The molecule has 0 bridgehead atoms. The minimum atomic E-state index is 0. The Kier molecular flexibility index (Phi) is 7.89. The van der Waals surface area contributed by atoms with Crippen molar-refractivity contribution in [2.45, 2.75) is 30.7 Å². The molecule has 2 aromatic rings. The molecular weight excluding hydrogens is 357 g/mol. The van der Waals surface area contributed by atoms with Crippen LogP contribution in [0.5, 0.6) is 11.5 Å². The van der Waals surface area contributed by atoms with Crippen molar-refractivity contribution in [1.29, 1.82) is 0 Å². The van der Waals surface area contributed by atoms with Gasteiger partial charge in [-0.15, -0.1) is 24.0 Å². The number of hydrogen-bond acceptors (Lipinski definition) is 3.